The summed E-state index contributed by atoms with van der Waals surface area (Å²) in [7, 11) is 0. The number of hydrogen-bond donors (Lipinski definition) is 2. The number of ether oxygens (including phenoxy) is 1. The van der Waals surface area contributed by atoms with Crippen LogP contribution < -0.4 is 10.1 Å². The Labute approximate surface area is 181 Å². The van der Waals surface area contributed by atoms with Gasteiger partial charge in [0.25, 0.3) is 0 Å². The van der Waals surface area contributed by atoms with E-state index in [2.05, 4.69) is 15.5 Å². The Morgan fingerprint density at radius 2 is 2.03 bits per heavy atom. The van der Waals surface area contributed by atoms with E-state index < -0.39 is 12.1 Å². The molecule has 0 radical (unpaired) electrons. The van der Waals surface area contributed by atoms with Gasteiger partial charge in [-0.25, -0.2) is 9.59 Å². The quantitative estimate of drug-likeness (QED) is 0.725. The number of rotatable bonds is 4. The standard InChI is InChI=1S/C18H22N4O3.C2HF3O2/c23-18(20-13-4-1-2-5-13)22-9-7-17-15(11-22)16(21-25-17)12-24-14-6-3-8-19-10-14;3-2(4,5)1(6)7/h3,6,8,10,13H,1-2,4-5,7,9,11-12H2,(H,20,23);(H,6,7). The van der Waals surface area contributed by atoms with Crippen LogP contribution >= 0.6 is 0 Å². The number of amides is 2. The van der Waals surface area contributed by atoms with Gasteiger partial charge in [-0.15, -0.1) is 0 Å². The van der Waals surface area contributed by atoms with Gasteiger partial charge in [-0.3, -0.25) is 4.98 Å². The lowest BCUT2D eigenvalue weighted by atomic mass is 10.1. The molecule has 0 saturated heterocycles. The zero-order chi connectivity index (χ0) is 23.1. The number of hydrogen-bond acceptors (Lipinski definition) is 6. The molecule has 32 heavy (non-hydrogen) atoms. The summed E-state index contributed by atoms with van der Waals surface area (Å²) in [5.41, 5.74) is 1.72. The molecule has 4 rings (SSSR count). The number of carboxylic acid groups (broad SMARTS) is 1. The van der Waals surface area contributed by atoms with Gasteiger partial charge in [0.15, 0.2) is 0 Å². The van der Waals surface area contributed by atoms with Crippen molar-refractivity contribution >= 4 is 12.0 Å². The molecule has 1 aliphatic carbocycles. The highest BCUT2D eigenvalue weighted by Crippen LogP contribution is 2.24. The lowest BCUT2D eigenvalue weighted by Crippen LogP contribution is -2.45. The number of urea groups is 1. The molecule has 1 aliphatic heterocycles. The Balaban J connectivity index is 0.000000360. The van der Waals surface area contributed by atoms with Crippen molar-refractivity contribution in [3.8, 4) is 5.75 Å². The summed E-state index contributed by atoms with van der Waals surface area (Å²) in [6.07, 6.45) is 3.55. The maximum atomic E-state index is 12.5. The monoisotopic (exact) mass is 456 g/mol. The normalized spacial score (nSPS) is 16.0. The van der Waals surface area contributed by atoms with Gasteiger partial charge in [-0.1, -0.05) is 18.0 Å². The fourth-order valence-electron chi connectivity index (χ4n) is 3.47. The van der Waals surface area contributed by atoms with E-state index in [4.69, 9.17) is 19.2 Å². The largest absolute Gasteiger partial charge is 0.490 e. The van der Waals surface area contributed by atoms with Crippen LogP contribution in [0.25, 0.3) is 0 Å². The molecule has 2 aromatic rings. The average molecular weight is 456 g/mol. The highest BCUT2D eigenvalue weighted by atomic mass is 19.4. The molecule has 1 saturated carbocycles. The van der Waals surface area contributed by atoms with Gasteiger partial charge in [0.1, 0.15) is 23.8 Å². The summed E-state index contributed by atoms with van der Waals surface area (Å²) in [5, 5.41) is 14.4. The molecule has 0 bridgehead atoms. The second-order valence-corrected chi connectivity index (χ2v) is 7.41. The topological polar surface area (TPSA) is 118 Å². The van der Waals surface area contributed by atoms with Crippen LogP contribution in [0.15, 0.2) is 29.0 Å². The first-order valence-corrected chi connectivity index (χ1v) is 10.1. The predicted molar refractivity (Wildman–Crippen MR) is 104 cm³/mol. The number of pyridine rings is 1. The van der Waals surface area contributed by atoms with Crippen LogP contribution in [0.3, 0.4) is 0 Å². The zero-order valence-electron chi connectivity index (χ0n) is 17.1. The summed E-state index contributed by atoms with van der Waals surface area (Å²) in [5.74, 6) is -1.21. The van der Waals surface area contributed by atoms with Crippen molar-refractivity contribution in [2.45, 2.75) is 57.5 Å². The molecule has 0 aromatic carbocycles. The van der Waals surface area contributed by atoms with E-state index >= 15 is 0 Å². The van der Waals surface area contributed by atoms with Crippen LogP contribution in [-0.2, 0) is 24.4 Å². The smallest absolute Gasteiger partial charge is 0.486 e. The van der Waals surface area contributed by atoms with Gasteiger partial charge in [0.2, 0.25) is 0 Å². The van der Waals surface area contributed by atoms with E-state index in [9.17, 15) is 18.0 Å². The van der Waals surface area contributed by atoms with E-state index in [-0.39, 0.29) is 6.03 Å². The predicted octanol–water partition coefficient (Wildman–Crippen LogP) is 3.29. The number of aliphatic carboxylic acids is 1. The maximum Gasteiger partial charge on any atom is 0.490 e. The van der Waals surface area contributed by atoms with Gasteiger partial charge in [0, 0.05) is 30.8 Å². The molecule has 2 aromatic heterocycles. The number of carbonyl (C=O) groups excluding carboxylic acids is 1. The summed E-state index contributed by atoms with van der Waals surface area (Å²) in [6, 6.07) is 4.01. The first kappa shape index (κ1) is 23.4. The van der Waals surface area contributed by atoms with Crippen molar-refractivity contribution in [2.24, 2.45) is 0 Å². The summed E-state index contributed by atoms with van der Waals surface area (Å²) in [6.45, 7) is 1.48. The van der Waals surface area contributed by atoms with E-state index in [0.29, 0.717) is 37.9 Å². The number of aromatic nitrogens is 2. The summed E-state index contributed by atoms with van der Waals surface area (Å²) >= 11 is 0. The lowest BCUT2D eigenvalue weighted by Gasteiger charge is -2.28. The number of carbonyl (C=O) groups is 2. The van der Waals surface area contributed by atoms with Crippen LogP contribution in [0, 0.1) is 0 Å². The minimum atomic E-state index is -5.08. The molecule has 2 N–H and O–H groups in total. The molecule has 0 atom stereocenters. The highest BCUT2D eigenvalue weighted by molar-refractivity contribution is 5.75. The molecule has 0 unspecified atom stereocenters. The maximum absolute atomic E-state index is 12.5. The number of fused-ring (bicyclic) bond motifs is 1. The van der Waals surface area contributed by atoms with E-state index in [1.165, 1.54) is 12.8 Å². The van der Waals surface area contributed by atoms with Crippen molar-refractivity contribution < 1.29 is 37.1 Å². The van der Waals surface area contributed by atoms with Crippen molar-refractivity contribution in [3.63, 3.8) is 0 Å². The molecule has 9 nitrogen and oxygen atoms in total. The second-order valence-electron chi connectivity index (χ2n) is 7.41. The van der Waals surface area contributed by atoms with Crippen LogP contribution in [0.4, 0.5) is 18.0 Å². The Hall–Kier alpha value is -3.31. The van der Waals surface area contributed by atoms with Gasteiger partial charge >= 0.3 is 18.2 Å². The molecule has 174 valence electrons. The fourth-order valence-corrected chi connectivity index (χ4v) is 3.47. The number of carboxylic acids is 1. The molecule has 2 aliphatic rings. The van der Waals surface area contributed by atoms with Crippen molar-refractivity contribution in [2.75, 3.05) is 6.54 Å². The lowest BCUT2D eigenvalue weighted by molar-refractivity contribution is -0.192. The molecule has 1 fully saturated rings. The summed E-state index contributed by atoms with van der Waals surface area (Å²) < 4.78 is 42.9. The zero-order valence-corrected chi connectivity index (χ0v) is 17.1. The van der Waals surface area contributed by atoms with Crippen LogP contribution in [0.2, 0.25) is 0 Å². The molecular formula is C20H23F3N4O5. The van der Waals surface area contributed by atoms with E-state index in [0.717, 1.165) is 29.9 Å². The van der Waals surface area contributed by atoms with Crippen molar-refractivity contribution in [1.29, 1.82) is 0 Å². The number of nitrogens with one attached hydrogen (secondary N) is 1. The van der Waals surface area contributed by atoms with Crippen LogP contribution in [0.5, 0.6) is 5.75 Å². The van der Waals surface area contributed by atoms with Gasteiger partial charge in [0.05, 0.1) is 12.7 Å². The second kappa shape index (κ2) is 10.3. The van der Waals surface area contributed by atoms with Gasteiger partial charge < -0.3 is 24.6 Å². The molecule has 0 spiro atoms. The average Bonchev–Trinajstić information content (AvgIpc) is 3.42. The Kier molecular flexibility index (Phi) is 7.54. The third kappa shape index (κ3) is 6.34. The van der Waals surface area contributed by atoms with Gasteiger partial charge in [-0.05, 0) is 25.0 Å². The van der Waals surface area contributed by atoms with Crippen LogP contribution in [0.1, 0.15) is 42.7 Å². The first-order valence-electron chi connectivity index (χ1n) is 10.1. The van der Waals surface area contributed by atoms with Crippen molar-refractivity contribution in [1.82, 2.24) is 20.4 Å². The first-order chi connectivity index (χ1) is 15.2. The SMILES string of the molecule is O=C(NC1CCCC1)N1CCc2onc(COc3cccnc3)c2C1.O=C(O)C(F)(F)F. The Morgan fingerprint density at radius 3 is 2.66 bits per heavy atom. The van der Waals surface area contributed by atoms with Gasteiger partial charge in [-0.2, -0.15) is 13.2 Å². The Morgan fingerprint density at radius 1 is 1.31 bits per heavy atom. The minimum absolute atomic E-state index is 0.0119. The number of halogens is 3. The Bertz CT molecular complexity index is 914. The molecule has 3 heterocycles. The third-order valence-corrected chi connectivity index (χ3v) is 5.13. The summed E-state index contributed by atoms with van der Waals surface area (Å²) in [4.78, 5) is 27.3. The van der Waals surface area contributed by atoms with Crippen LogP contribution in [-0.4, -0.2) is 50.9 Å². The molecule has 2 amide bonds. The molecular weight excluding hydrogens is 433 g/mol. The molecule has 12 heteroatoms. The number of nitrogens with zero attached hydrogens (tertiary/aromatic N) is 3. The van der Waals surface area contributed by atoms with Crippen molar-refractivity contribution in [3.05, 3.63) is 41.5 Å². The number of alkyl halides is 3. The highest BCUT2D eigenvalue weighted by Gasteiger charge is 2.38. The third-order valence-electron chi connectivity index (χ3n) is 5.13. The van der Waals surface area contributed by atoms with E-state index in [1.54, 1.807) is 12.4 Å². The fraction of sp³-hybridized carbons (Fsp3) is 0.500. The minimum Gasteiger partial charge on any atom is -0.486 e. The van der Waals surface area contributed by atoms with E-state index in [1.807, 2.05) is 17.0 Å².